The second kappa shape index (κ2) is 3.42. The SMILES string of the molecule is C=C(F)C(=C)CCC. The van der Waals surface area contributed by atoms with Gasteiger partial charge in [0.15, 0.2) is 0 Å². The van der Waals surface area contributed by atoms with Crippen molar-refractivity contribution in [1.82, 2.24) is 0 Å². The fourth-order valence-electron chi connectivity index (χ4n) is 0.437. The third-order valence-electron chi connectivity index (χ3n) is 0.935. The Hall–Kier alpha value is -0.590. The van der Waals surface area contributed by atoms with Crippen LogP contribution in [0.1, 0.15) is 19.8 Å². The molecule has 0 aliphatic rings. The van der Waals surface area contributed by atoms with Gasteiger partial charge in [0.2, 0.25) is 0 Å². The molecular weight excluding hydrogens is 103 g/mol. The molecule has 0 nitrogen and oxygen atoms in total. The van der Waals surface area contributed by atoms with Gasteiger partial charge in [-0.2, -0.15) is 0 Å². The zero-order valence-corrected chi connectivity index (χ0v) is 5.21. The Morgan fingerprint density at radius 2 is 2.00 bits per heavy atom. The molecule has 0 N–H and O–H groups in total. The summed E-state index contributed by atoms with van der Waals surface area (Å²) in [5.74, 6) is -0.383. The van der Waals surface area contributed by atoms with Gasteiger partial charge in [-0.15, -0.1) is 0 Å². The zero-order chi connectivity index (χ0) is 6.57. The molecule has 0 aromatic heterocycles. The van der Waals surface area contributed by atoms with E-state index in [0.29, 0.717) is 5.57 Å². The number of halogens is 1. The van der Waals surface area contributed by atoms with Crippen LogP contribution in [0.25, 0.3) is 0 Å². The van der Waals surface area contributed by atoms with Crippen LogP contribution < -0.4 is 0 Å². The van der Waals surface area contributed by atoms with Crippen LogP contribution in [0.3, 0.4) is 0 Å². The first-order valence-electron chi connectivity index (χ1n) is 2.71. The molecular formula is C7H11F. The van der Waals surface area contributed by atoms with Crippen LogP contribution >= 0.6 is 0 Å². The van der Waals surface area contributed by atoms with E-state index >= 15 is 0 Å². The normalized spacial score (nSPS) is 8.75. The molecule has 0 aliphatic carbocycles. The van der Waals surface area contributed by atoms with Crippen LogP contribution in [0.15, 0.2) is 24.6 Å². The number of rotatable bonds is 3. The Morgan fingerprint density at radius 1 is 1.50 bits per heavy atom. The summed E-state index contributed by atoms with van der Waals surface area (Å²) in [6.07, 6.45) is 1.65. The van der Waals surface area contributed by atoms with Crippen LogP contribution in [0.4, 0.5) is 4.39 Å². The topological polar surface area (TPSA) is 0 Å². The molecule has 0 unspecified atom stereocenters. The van der Waals surface area contributed by atoms with Crippen molar-refractivity contribution in [3.8, 4) is 0 Å². The Bertz CT molecular complexity index is 103. The monoisotopic (exact) mass is 114 g/mol. The maximum Gasteiger partial charge on any atom is 0.118 e. The van der Waals surface area contributed by atoms with Gasteiger partial charge in [-0.1, -0.05) is 26.5 Å². The molecule has 0 saturated heterocycles. The summed E-state index contributed by atoms with van der Waals surface area (Å²) in [7, 11) is 0. The predicted octanol–water partition coefficient (Wildman–Crippen LogP) is 2.83. The van der Waals surface area contributed by atoms with Crippen LogP contribution in [0.2, 0.25) is 0 Å². The first-order valence-corrected chi connectivity index (χ1v) is 2.71. The molecule has 46 valence electrons. The molecule has 0 rings (SSSR count). The second-order valence-electron chi connectivity index (χ2n) is 1.76. The minimum atomic E-state index is -0.383. The van der Waals surface area contributed by atoms with E-state index in [1.165, 1.54) is 0 Å². The Labute approximate surface area is 49.7 Å². The maximum atomic E-state index is 12.0. The summed E-state index contributed by atoms with van der Waals surface area (Å²) in [6, 6.07) is 0. The highest BCUT2D eigenvalue weighted by Crippen LogP contribution is 2.11. The lowest BCUT2D eigenvalue weighted by molar-refractivity contribution is 0.641. The van der Waals surface area contributed by atoms with Crippen LogP contribution in [0, 0.1) is 0 Å². The summed E-state index contributed by atoms with van der Waals surface area (Å²) >= 11 is 0. The molecule has 0 atom stereocenters. The summed E-state index contributed by atoms with van der Waals surface area (Å²) in [5.41, 5.74) is 0.521. The molecule has 0 fully saturated rings. The van der Waals surface area contributed by atoms with Crippen molar-refractivity contribution in [2.75, 3.05) is 0 Å². The highest BCUT2D eigenvalue weighted by Gasteiger charge is 1.93. The molecule has 1 heteroatoms. The summed E-state index contributed by atoms with van der Waals surface area (Å²) in [4.78, 5) is 0. The van der Waals surface area contributed by atoms with Gasteiger partial charge in [0.25, 0.3) is 0 Å². The molecule has 0 bridgehead atoms. The van der Waals surface area contributed by atoms with Crippen molar-refractivity contribution in [3.05, 3.63) is 24.6 Å². The standard InChI is InChI=1S/C7H11F/c1-4-5-6(2)7(3)8/h2-5H2,1H3. The third kappa shape index (κ3) is 2.56. The third-order valence-corrected chi connectivity index (χ3v) is 0.935. The maximum absolute atomic E-state index is 12.0. The van der Waals surface area contributed by atoms with Crippen LogP contribution in [-0.4, -0.2) is 0 Å². The van der Waals surface area contributed by atoms with Gasteiger partial charge in [-0.3, -0.25) is 0 Å². The number of hydrogen-bond donors (Lipinski definition) is 0. The van der Waals surface area contributed by atoms with Gasteiger partial charge in [-0.05, 0) is 12.0 Å². The molecule has 8 heavy (non-hydrogen) atoms. The zero-order valence-electron chi connectivity index (χ0n) is 5.21. The van der Waals surface area contributed by atoms with E-state index in [-0.39, 0.29) is 5.83 Å². The molecule has 0 amide bonds. The van der Waals surface area contributed by atoms with E-state index in [2.05, 4.69) is 13.2 Å². The molecule has 0 aliphatic heterocycles. The fraction of sp³-hybridized carbons (Fsp3) is 0.429. The first-order chi connectivity index (χ1) is 3.68. The highest BCUT2D eigenvalue weighted by molar-refractivity contribution is 5.17. The van der Waals surface area contributed by atoms with Crippen molar-refractivity contribution < 1.29 is 4.39 Å². The van der Waals surface area contributed by atoms with Gasteiger partial charge >= 0.3 is 0 Å². The van der Waals surface area contributed by atoms with Crippen LogP contribution in [0.5, 0.6) is 0 Å². The van der Waals surface area contributed by atoms with Gasteiger partial charge in [0.1, 0.15) is 5.83 Å². The van der Waals surface area contributed by atoms with Gasteiger partial charge < -0.3 is 0 Å². The number of allylic oxidation sites excluding steroid dienone is 2. The molecule has 0 aromatic carbocycles. The average molecular weight is 114 g/mol. The van der Waals surface area contributed by atoms with Gasteiger partial charge in [-0.25, -0.2) is 4.39 Å². The van der Waals surface area contributed by atoms with E-state index < -0.39 is 0 Å². The lowest BCUT2D eigenvalue weighted by atomic mass is 10.2. The van der Waals surface area contributed by atoms with E-state index in [9.17, 15) is 4.39 Å². The van der Waals surface area contributed by atoms with Gasteiger partial charge in [0.05, 0.1) is 0 Å². The van der Waals surface area contributed by atoms with Gasteiger partial charge in [0, 0.05) is 0 Å². The average Bonchev–Trinajstić information content (AvgIpc) is 1.67. The van der Waals surface area contributed by atoms with Crippen molar-refractivity contribution in [3.63, 3.8) is 0 Å². The Morgan fingerprint density at radius 3 is 2.12 bits per heavy atom. The lowest BCUT2D eigenvalue weighted by Gasteiger charge is -1.95. The summed E-state index contributed by atoms with van der Waals surface area (Å²) in [5, 5.41) is 0. The minimum absolute atomic E-state index is 0.383. The highest BCUT2D eigenvalue weighted by atomic mass is 19.1. The first kappa shape index (κ1) is 7.41. The van der Waals surface area contributed by atoms with E-state index in [1.807, 2.05) is 6.92 Å². The molecule has 0 aromatic rings. The predicted molar refractivity (Wildman–Crippen MR) is 34.3 cm³/mol. The summed E-state index contributed by atoms with van der Waals surface area (Å²) < 4.78 is 12.0. The Kier molecular flexibility index (Phi) is 3.16. The fourth-order valence-corrected chi connectivity index (χ4v) is 0.437. The lowest BCUT2D eigenvalue weighted by Crippen LogP contribution is -1.77. The van der Waals surface area contributed by atoms with Crippen molar-refractivity contribution in [2.45, 2.75) is 19.8 Å². The smallest absolute Gasteiger partial charge is 0.118 e. The van der Waals surface area contributed by atoms with E-state index in [4.69, 9.17) is 0 Å². The van der Waals surface area contributed by atoms with Crippen molar-refractivity contribution >= 4 is 0 Å². The second-order valence-corrected chi connectivity index (χ2v) is 1.76. The molecule has 0 spiro atoms. The van der Waals surface area contributed by atoms with Crippen molar-refractivity contribution in [2.24, 2.45) is 0 Å². The van der Waals surface area contributed by atoms with Crippen LogP contribution in [-0.2, 0) is 0 Å². The molecule has 0 saturated carbocycles. The van der Waals surface area contributed by atoms with E-state index in [1.54, 1.807) is 0 Å². The number of hydrogen-bond acceptors (Lipinski definition) is 0. The summed E-state index contributed by atoms with van der Waals surface area (Å²) in [6.45, 7) is 8.56. The molecule has 0 heterocycles. The van der Waals surface area contributed by atoms with E-state index in [0.717, 1.165) is 12.8 Å². The molecule has 0 radical (unpaired) electrons. The largest absolute Gasteiger partial charge is 0.207 e. The van der Waals surface area contributed by atoms with Crippen molar-refractivity contribution in [1.29, 1.82) is 0 Å². The Balaban J connectivity index is 3.49. The quantitative estimate of drug-likeness (QED) is 0.495. The minimum Gasteiger partial charge on any atom is -0.207 e.